The van der Waals surface area contributed by atoms with Crippen molar-refractivity contribution in [3.05, 3.63) is 64.7 Å². The van der Waals surface area contributed by atoms with E-state index in [0.717, 1.165) is 5.56 Å². The molecule has 0 bridgehead atoms. The highest BCUT2D eigenvalue weighted by Gasteiger charge is 2.13. The second-order valence-electron chi connectivity index (χ2n) is 5.47. The summed E-state index contributed by atoms with van der Waals surface area (Å²) in [6, 6.07) is 13.0. The van der Waals surface area contributed by atoms with E-state index in [-0.39, 0.29) is 18.0 Å². The van der Waals surface area contributed by atoms with E-state index < -0.39 is 21.8 Å². The zero-order chi connectivity index (χ0) is 19.2. The maximum Gasteiger partial charge on any atom is 0.309 e. The molecule has 0 unspecified atom stereocenters. The van der Waals surface area contributed by atoms with Crippen LogP contribution in [0, 0.1) is 0 Å². The van der Waals surface area contributed by atoms with Crippen LogP contribution in [0.3, 0.4) is 0 Å². The molecule has 0 saturated carbocycles. The van der Waals surface area contributed by atoms with Gasteiger partial charge in [-0.1, -0.05) is 41.9 Å². The highest BCUT2D eigenvalue weighted by atomic mass is 35.5. The molecule has 0 fully saturated rings. The Labute approximate surface area is 156 Å². The van der Waals surface area contributed by atoms with Crippen molar-refractivity contribution in [1.29, 1.82) is 0 Å². The van der Waals surface area contributed by atoms with Gasteiger partial charge in [-0.25, -0.2) is 13.6 Å². The predicted molar refractivity (Wildman–Crippen MR) is 97.8 cm³/mol. The monoisotopic (exact) mass is 395 g/mol. The van der Waals surface area contributed by atoms with Crippen molar-refractivity contribution >= 4 is 33.4 Å². The van der Waals surface area contributed by atoms with Crippen LogP contribution in [0.5, 0.6) is 0 Å². The van der Waals surface area contributed by atoms with Gasteiger partial charge < -0.3 is 10.6 Å². The number of nitrogens with two attached hydrogens (primary N) is 1. The summed E-state index contributed by atoms with van der Waals surface area (Å²) in [5.41, 5.74) is 1.51. The molecule has 0 aliphatic heterocycles. The summed E-state index contributed by atoms with van der Waals surface area (Å²) in [6.07, 6.45) is 0.439. The van der Waals surface area contributed by atoms with E-state index in [1.165, 1.54) is 12.1 Å². The standard InChI is InChI=1S/C17H18ClN3O4S/c18-15-4-2-1-3-13(15)11-21-17(23)16(22)20-10-9-12-5-7-14(8-6-12)26(19,24)25/h1-8H,9-11H2,(H,20,22)(H,21,23)(H2,19,24,25). The third-order valence-corrected chi connectivity index (χ3v) is 4.85. The average molecular weight is 396 g/mol. The first-order valence-electron chi connectivity index (χ1n) is 7.68. The summed E-state index contributed by atoms with van der Waals surface area (Å²) in [4.78, 5) is 23.6. The molecule has 0 heterocycles. The van der Waals surface area contributed by atoms with Gasteiger partial charge in [0.25, 0.3) is 0 Å². The normalized spacial score (nSPS) is 11.0. The van der Waals surface area contributed by atoms with Crippen LogP contribution in [0.1, 0.15) is 11.1 Å². The van der Waals surface area contributed by atoms with Crippen LogP contribution in [0.4, 0.5) is 0 Å². The van der Waals surface area contributed by atoms with E-state index in [9.17, 15) is 18.0 Å². The molecule has 0 aliphatic carbocycles. The molecule has 7 nitrogen and oxygen atoms in total. The Kier molecular flexibility index (Phi) is 6.73. The fourth-order valence-electron chi connectivity index (χ4n) is 2.14. The van der Waals surface area contributed by atoms with Gasteiger partial charge in [0.05, 0.1) is 4.90 Å². The Hall–Kier alpha value is -2.42. The van der Waals surface area contributed by atoms with Gasteiger partial charge >= 0.3 is 11.8 Å². The molecule has 26 heavy (non-hydrogen) atoms. The Bertz CT molecular complexity index is 898. The van der Waals surface area contributed by atoms with E-state index in [0.29, 0.717) is 17.0 Å². The molecule has 138 valence electrons. The molecule has 2 amide bonds. The summed E-state index contributed by atoms with van der Waals surface area (Å²) < 4.78 is 22.4. The highest BCUT2D eigenvalue weighted by Crippen LogP contribution is 2.14. The number of rotatable bonds is 6. The summed E-state index contributed by atoms with van der Waals surface area (Å²) in [5.74, 6) is -1.51. The zero-order valence-corrected chi connectivity index (χ0v) is 15.3. The lowest BCUT2D eigenvalue weighted by Crippen LogP contribution is -2.40. The number of nitrogens with one attached hydrogen (secondary N) is 2. The highest BCUT2D eigenvalue weighted by molar-refractivity contribution is 7.89. The number of amides is 2. The molecule has 0 radical (unpaired) electrons. The number of hydrogen-bond acceptors (Lipinski definition) is 4. The average Bonchev–Trinajstić information content (AvgIpc) is 2.60. The Morgan fingerprint density at radius 2 is 1.58 bits per heavy atom. The van der Waals surface area contributed by atoms with Gasteiger partial charge in [-0.05, 0) is 35.7 Å². The van der Waals surface area contributed by atoms with Crippen molar-refractivity contribution in [3.8, 4) is 0 Å². The number of carbonyl (C=O) groups is 2. The fourth-order valence-corrected chi connectivity index (χ4v) is 2.86. The first-order chi connectivity index (χ1) is 12.3. The van der Waals surface area contributed by atoms with Crippen LogP contribution in [-0.2, 0) is 32.6 Å². The minimum atomic E-state index is -3.73. The number of hydrogen-bond donors (Lipinski definition) is 3. The van der Waals surface area contributed by atoms with Crippen LogP contribution in [0.25, 0.3) is 0 Å². The Morgan fingerprint density at radius 1 is 0.962 bits per heavy atom. The Balaban J connectivity index is 1.77. The molecule has 4 N–H and O–H groups in total. The Morgan fingerprint density at radius 3 is 2.19 bits per heavy atom. The van der Waals surface area contributed by atoms with Crippen molar-refractivity contribution < 1.29 is 18.0 Å². The fraction of sp³-hybridized carbons (Fsp3) is 0.176. The van der Waals surface area contributed by atoms with Crippen LogP contribution in [0.2, 0.25) is 5.02 Å². The minimum Gasteiger partial charge on any atom is -0.348 e. The molecule has 0 saturated heterocycles. The summed E-state index contributed by atoms with van der Waals surface area (Å²) in [6.45, 7) is 0.383. The van der Waals surface area contributed by atoms with Crippen molar-refractivity contribution in [2.24, 2.45) is 5.14 Å². The zero-order valence-electron chi connectivity index (χ0n) is 13.7. The van der Waals surface area contributed by atoms with Gasteiger partial charge in [0.1, 0.15) is 0 Å². The molecule has 0 aliphatic rings. The quantitative estimate of drug-likeness (QED) is 0.631. The van der Waals surface area contributed by atoms with Crippen molar-refractivity contribution in [3.63, 3.8) is 0 Å². The smallest absolute Gasteiger partial charge is 0.309 e. The van der Waals surface area contributed by atoms with Crippen LogP contribution < -0.4 is 15.8 Å². The molecular weight excluding hydrogens is 378 g/mol. The number of primary sulfonamides is 1. The first-order valence-corrected chi connectivity index (χ1v) is 9.61. The molecule has 2 aromatic rings. The van der Waals surface area contributed by atoms with E-state index >= 15 is 0 Å². The molecule has 0 spiro atoms. The predicted octanol–water partition coefficient (Wildman–Crippen LogP) is 0.962. The molecule has 2 rings (SSSR count). The van der Waals surface area contributed by atoms with Crippen LogP contribution in [-0.4, -0.2) is 26.8 Å². The molecule has 2 aromatic carbocycles. The lowest BCUT2D eigenvalue weighted by atomic mass is 10.1. The second-order valence-corrected chi connectivity index (χ2v) is 7.44. The molecule has 0 aromatic heterocycles. The number of halogens is 1. The van der Waals surface area contributed by atoms with Gasteiger partial charge in [-0.2, -0.15) is 0 Å². The maximum atomic E-state index is 11.8. The third kappa shape index (κ3) is 5.83. The van der Waals surface area contributed by atoms with E-state index in [2.05, 4.69) is 10.6 Å². The minimum absolute atomic E-state index is 0.0178. The van der Waals surface area contributed by atoms with Crippen molar-refractivity contribution in [2.75, 3.05) is 6.54 Å². The maximum absolute atomic E-state index is 11.8. The van der Waals surface area contributed by atoms with Gasteiger partial charge in [0, 0.05) is 18.1 Å². The van der Waals surface area contributed by atoms with Gasteiger partial charge in [-0.15, -0.1) is 0 Å². The molecule has 0 atom stereocenters. The van der Waals surface area contributed by atoms with Gasteiger partial charge in [0.15, 0.2) is 0 Å². The summed E-state index contributed by atoms with van der Waals surface area (Å²) in [5, 5.41) is 10.5. The first kappa shape index (κ1) is 19.9. The van der Waals surface area contributed by atoms with Gasteiger partial charge in [0.2, 0.25) is 10.0 Å². The van der Waals surface area contributed by atoms with Crippen molar-refractivity contribution in [1.82, 2.24) is 10.6 Å². The summed E-state index contributed by atoms with van der Waals surface area (Å²) >= 11 is 5.98. The van der Waals surface area contributed by atoms with Gasteiger partial charge in [-0.3, -0.25) is 9.59 Å². The van der Waals surface area contributed by atoms with Crippen molar-refractivity contribution in [2.45, 2.75) is 17.9 Å². The topological polar surface area (TPSA) is 118 Å². The lowest BCUT2D eigenvalue weighted by molar-refractivity contribution is -0.139. The van der Waals surface area contributed by atoms with Crippen LogP contribution in [0.15, 0.2) is 53.4 Å². The molecular formula is C17H18ClN3O4S. The largest absolute Gasteiger partial charge is 0.348 e. The van der Waals surface area contributed by atoms with E-state index in [1.54, 1.807) is 36.4 Å². The number of sulfonamides is 1. The second kappa shape index (κ2) is 8.79. The molecule has 9 heteroatoms. The number of benzene rings is 2. The SMILES string of the molecule is NS(=O)(=O)c1ccc(CCNC(=O)C(=O)NCc2ccccc2Cl)cc1. The lowest BCUT2D eigenvalue weighted by Gasteiger charge is -2.08. The third-order valence-electron chi connectivity index (χ3n) is 3.55. The summed E-state index contributed by atoms with van der Waals surface area (Å²) in [7, 11) is -3.73. The van der Waals surface area contributed by atoms with E-state index in [1.807, 2.05) is 0 Å². The van der Waals surface area contributed by atoms with Crippen LogP contribution >= 0.6 is 11.6 Å². The van der Waals surface area contributed by atoms with E-state index in [4.69, 9.17) is 16.7 Å². The number of carbonyl (C=O) groups excluding carboxylic acids is 2.